The van der Waals surface area contributed by atoms with Crippen molar-refractivity contribution in [3.05, 3.63) is 65.7 Å². The van der Waals surface area contributed by atoms with Crippen molar-refractivity contribution in [2.45, 2.75) is 57.4 Å². The fraction of sp³-hybridized carbons (Fsp3) is 0.448. The van der Waals surface area contributed by atoms with E-state index in [2.05, 4.69) is 19.9 Å². The molecule has 2 fully saturated rings. The van der Waals surface area contributed by atoms with Gasteiger partial charge in [0.05, 0.1) is 35.2 Å². The molecule has 0 radical (unpaired) electrons. The fourth-order valence-electron chi connectivity index (χ4n) is 4.95. The van der Waals surface area contributed by atoms with Crippen LogP contribution in [-0.2, 0) is 12.1 Å². The van der Waals surface area contributed by atoms with Gasteiger partial charge in [0.25, 0.3) is 0 Å². The van der Waals surface area contributed by atoms with Crippen LogP contribution in [0.4, 0.5) is 14.6 Å². The van der Waals surface area contributed by atoms with Crippen LogP contribution in [0, 0.1) is 11.6 Å². The largest absolute Gasteiger partial charge is 0.387 e. The molecule has 1 atom stereocenters. The maximum Gasteiger partial charge on any atom is 0.156 e. The van der Waals surface area contributed by atoms with Crippen molar-refractivity contribution in [3.63, 3.8) is 0 Å². The number of benzene rings is 1. The minimum Gasteiger partial charge on any atom is -0.387 e. The topological polar surface area (TPSA) is 103 Å². The quantitative estimate of drug-likeness (QED) is 0.359. The Morgan fingerprint density at radius 2 is 1.70 bits per heavy atom. The highest BCUT2D eigenvalue weighted by molar-refractivity contribution is 5.83. The summed E-state index contributed by atoms with van der Waals surface area (Å²) in [5, 5.41) is 26.1. The first-order chi connectivity index (χ1) is 19.0. The molecule has 0 amide bonds. The minimum absolute atomic E-state index is 0.302. The lowest BCUT2D eigenvalue weighted by Gasteiger charge is -2.36. The lowest BCUT2D eigenvalue weighted by Crippen LogP contribution is -2.46. The summed E-state index contributed by atoms with van der Waals surface area (Å²) in [7, 11) is 0. The molecule has 210 valence electrons. The third kappa shape index (κ3) is 5.04. The van der Waals surface area contributed by atoms with Crippen molar-refractivity contribution >= 4 is 16.9 Å². The van der Waals surface area contributed by atoms with Gasteiger partial charge in [-0.3, -0.25) is 14.6 Å². The van der Waals surface area contributed by atoms with Gasteiger partial charge in [-0.15, -0.1) is 0 Å². The summed E-state index contributed by atoms with van der Waals surface area (Å²) < 4.78 is 29.5. The third-order valence-electron chi connectivity index (χ3n) is 8.10. The zero-order valence-electron chi connectivity index (χ0n) is 22.8. The number of halogens is 2. The lowest BCUT2D eigenvalue weighted by molar-refractivity contribution is -0.127. The molecule has 1 aliphatic heterocycles. The number of aliphatic hydroxyl groups is 2. The summed E-state index contributed by atoms with van der Waals surface area (Å²) in [5.41, 5.74) is 0.396. The maximum atomic E-state index is 14.2. The van der Waals surface area contributed by atoms with E-state index in [1.54, 1.807) is 18.5 Å². The van der Waals surface area contributed by atoms with Crippen molar-refractivity contribution in [1.82, 2.24) is 29.6 Å². The van der Waals surface area contributed by atoms with Gasteiger partial charge >= 0.3 is 0 Å². The Balaban J connectivity index is 1.32. The number of piperazine rings is 1. The second kappa shape index (κ2) is 9.83. The molecule has 9 nitrogen and oxygen atoms in total. The van der Waals surface area contributed by atoms with Crippen molar-refractivity contribution in [2.75, 3.05) is 31.1 Å². The number of pyridine rings is 1. The first kappa shape index (κ1) is 26.7. The van der Waals surface area contributed by atoms with E-state index in [1.165, 1.54) is 32.9 Å². The molecule has 4 heterocycles. The molecular weight excluding hydrogens is 516 g/mol. The summed E-state index contributed by atoms with van der Waals surface area (Å²) >= 11 is 0. The van der Waals surface area contributed by atoms with Crippen LogP contribution in [0.1, 0.15) is 50.9 Å². The Hall–Kier alpha value is -3.54. The molecule has 4 aromatic rings. The molecular formula is C29H33F2N7O2. The van der Waals surface area contributed by atoms with Gasteiger partial charge < -0.3 is 15.1 Å². The Morgan fingerprint density at radius 3 is 2.38 bits per heavy atom. The van der Waals surface area contributed by atoms with Crippen LogP contribution in [-0.4, -0.2) is 71.6 Å². The number of aromatic nitrogens is 5. The van der Waals surface area contributed by atoms with E-state index in [9.17, 15) is 19.0 Å². The zero-order chi connectivity index (χ0) is 28.2. The Bertz CT molecular complexity index is 1550. The van der Waals surface area contributed by atoms with E-state index >= 15 is 0 Å². The lowest BCUT2D eigenvalue weighted by atomic mass is 9.84. The van der Waals surface area contributed by atoms with E-state index in [0.717, 1.165) is 24.5 Å². The number of rotatable bonds is 7. The van der Waals surface area contributed by atoms with Gasteiger partial charge in [0.1, 0.15) is 28.4 Å². The molecule has 1 saturated heterocycles. The molecule has 3 aromatic heterocycles. The number of hydrogen-bond acceptors (Lipinski definition) is 8. The highest BCUT2D eigenvalue weighted by atomic mass is 19.1. The molecule has 1 aromatic carbocycles. The number of hydrogen-bond donors (Lipinski definition) is 2. The van der Waals surface area contributed by atoms with E-state index in [4.69, 9.17) is 9.97 Å². The summed E-state index contributed by atoms with van der Waals surface area (Å²) in [6.45, 7) is 7.63. The Morgan fingerprint density at radius 1 is 0.950 bits per heavy atom. The van der Waals surface area contributed by atoms with Gasteiger partial charge in [-0.1, -0.05) is 6.07 Å². The molecule has 1 saturated carbocycles. The van der Waals surface area contributed by atoms with Gasteiger partial charge in [-0.25, -0.2) is 18.7 Å². The first-order valence-corrected chi connectivity index (χ1v) is 13.6. The van der Waals surface area contributed by atoms with Crippen molar-refractivity contribution in [3.8, 4) is 11.3 Å². The molecule has 2 aliphatic rings. The van der Waals surface area contributed by atoms with Crippen molar-refractivity contribution in [2.24, 2.45) is 0 Å². The molecule has 0 bridgehead atoms. The molecule has 0 spiro atoms. The predicted molar refractivity (Wildman–Crippen MR) is 147 cm³/mol. The van der Waals surface area contributed by atoms with Crippen LogP contribution in [0.2, 0.25) is 0 Å². The zero-order valence-corrected chi connectivity index (χ0v) is 22.8. The molecule has 6 rings (SSSR count). The van der Waals surface area contributed by atoms with Gasteiger partial charge in [0, 0.05) is 56.1 Å². The normalized spacial score (nSPS) is 18.3. The monoisotopic (exact) mass is 549 g/mol. The molecule has 1 aliphatic carbocycles. The van der Waals surface area contributed by atoms with Crippen LogP contribution in [0.25, 0.3) is 22.3 Å². The summed E-state index contributed by atoms with van der Waals surface area (Å²) in [6, 6.07) is 5.79. The second-order valence-electron chi connectivity index (χ2n) is 11.5. The molecule has 40 heavy (non-hydrogen) atoms. The third-order valence-corrected chi connectivity index (χ3v) is 8.10. The standard InChI is InChI=1S/C29H33F2N7O2/c1-28(2,39)29(3,40)25-13-23-24(15-32-25)35-27(26(34-23)19-14-33-38(17-19)21-6-7-21)37-10-8-36(9-11-37)16-18-4-5-20(30)12-22(18)31/h4-5,12-15,17,21,39-40H,6-11,16H2,1-3H3/t29-/m0/s1. The SMILES string of the molecule is CC(C)(O)[C@@](C)(O)c1cc2nc(-c3cnn(C4CC4)c3)c(N3CCN(Cc4ccc(F)cc4F)CC3)nc2cn1. The van der Waals surface area contributed by atoms with Crippen LogP contribution >= 0.6 is 0 Å². The van der Waals surface area contributed by atoms with Crippen LogP contribution in [0.3, 0.4) is 0 Å². The Labute approximate surface area is 231 Å². The van der Waals surface area contributed by atoms with Gasteiger partial charge in [-0.2, -0.15) is 5.10 Å². The van der Waals surface area contributed by atoms with Gasteiger partial charge in [0.15, 0.2) is 5.82 Å². The summed E-state index contributed by atoms with van der Waals surface area (Å²) in [4.78, 5) is 18.7. The number of nitrogens with zero attached hydrogens (tertiary/aromatic N) is 7. The van der Waals surface area contributed by atoms with Gasteiger partial charge in [0.2, 0.25) is 0 Å². The molecule has 2 N–H and O–H groups in total. The summed E-state index contributed by atoms with van der Waals surface area (Å²) in [6.07, 6.45) is 7.59. The van der Waals surface area contributed by atoms with E-state index in [-0.39, 0.29) is 0 Å². The minimum atomic E-state index is -1.60. The molecule has 11 heteroatoms. The van der Waals surface area contributed by atoms with E-state index < -0.39 is 22.8 Å². The number of anilines is 1. The summed E-state index contributed by atoms with van der Waals surface area (Å²) in [5.74, 6) is -0.406. The first-order valence-electron chi connectivity index (χ1n) is 13.6. The van der Waals surface area contributed by atoms with Crippen LogP contribution in [0.15, 0.2) is 42.9 Å². The average molecular weight is 550 g/mol. The van der Waals surface area contributed by atoms with Crippen LogP contribution in [0.5, 0.6) is 0 Å². The Kier molecular flexibility index (Phi) is 6.55. The predicted octanol–water partition coefficient (Wildman–Crippen LogP) is 3.80. The highest BCUT2D eigenvalue weighted by Crippen LogP contribution is 2.37. The maximum absolute atomic E-state index is 14.2. The van der Waals surface area contributed by atoms with Gasteiger partial charge in [-0.05, 0) is 45.7 Å². The second-order valence-corrected chi connectivity index (χ2v) is 11.5. The molecule has 0 unspecified atom stereocenters. The van der Waals surface area contributed by atoms with Crippen LogP contribution < -0.4 is 4.90 Å². The van der Waals surface area contributed by atoms with Crippen molar-refractivity contribution < 1.29 is 19.0 Å². The number of fused-ring (bicyclic) bond motifs is 1. The highest BCUT2D eigenvalue weighted by Gasteiger charge is 2.41. The van der Waals surface area contributed by atoms with E-state index in [0.29, 0.717) is 72.6 Å². The smallest absolute Gasteiger partial charge is 0.156 e. The fourth-order valence-corrected chi connectivity index (χ4v) is 4.95. The van der Waals surface area contributed by atoms with Crippen molar-refractivity contribution in [1.29, 1.82) is 0 Å². The van der Waals surface area contributed by atoms with E-state index in [1.807, 2.05) is 10.9 Å². The average Bonchev–Trinajstić information content (AvgIpc) is 3.65.